The number of ether oxygens (including phenoxy) is 1. The lowest BCUT2D eigenvalue weighted by atomic mass is 10.1. The Morgan fingerprint density at radius 1 is 1.24 bits per heavy atom. The Kier molecular flexibility index (Phi) is 3.67. The van der Waals surface area contributed by atoms with Gasteiger partial charge in [-0.25, -0.2) is 13.2 Å². The summed E-state index contributed by atoms with van der Waals surface area (Å²) in [7, 11) is -2.38. The molecule has 0 unspecified atom stereocenters. The number of carbonyl (C=O) groups excluding carboxylic acids is 2. The van der Waals surface area contributed by atoms with Crippen LogP contribution in [0.5, 0.6) is 0 Å². The van der Waals surface area contributed by atoms with Crippen LogP contribution in [0.25, 0.3) is 0 Å². The lowest BCUT2D eigenvalue weighted by molar-refractivity contribution is 0.0600. The average molecular weight is 256 g/mol. The lowest BCUT2D eigenvalue weighted by Gasteiger charge is -2.07. The van der Waals surface area contributed by atoms with Crippen LogP contribution in [0.2, 0.25) is 0 Å². The summed E-state index contributed by atoms with van der Waals surface area (Å²) >= 11 is 0. The molecule has 0 bridgehead atoms. The highest BCUT2D eigenvalue weighted by atomic mass is 32.2. The van der Waals surface area contributed by atoms with Crippen molar-refractivity contribution in [1.82, 2.24) is 0 Å². The molecule has 0 aromatic heterocycles. The van der Waals surface area contributed by atoms with Gasteiger partial charge in [-0.1, -0.05) is 0 Å². The topological polar surface area (TPSA) is 77.5 Å². The van der Waals surface area contributed by atoms with Gasteiger partial charge in [-0.3, -0.25) is 4.79 Å². The quantitative estimate of drug-likeness (QED) is 0.597. The molecule has 0 fully saturated rings. The molecule has 0 N–H and O–H groups in total. The Hall–Kier alpha value is -1.69. The zero-order valence-electron chi connectivity index (χ0n) is 9.68. The summed E-state index contributed by atoms with van der Waals surface area (Å²) in [6.45, 7) is 1.27. The van der Waals surface area contributed by atoms with Gasteiger partial charge in [0.1, 0.15) is 0 Å². The number of benzene rings is 1. The first-order valence-electron chi connectivity index (χ1n) is 4.70. The molecule has 0 spiro atoms. The maximum atomic E-state index is 11.5. The molecule has 1 aromatic rings. The van der Waals surface area contributed by atoms with Crippen molar-refractivity contribution in [2.45, 2.75) is 11.8 Å². The normalized spacial score (nSPS) is 11.0. The summed E-state index contributed by atoms with van der Waals surface area (Å²) in [5.74, 6) is -1.02. The van der Waals surface area contributed by atoms with E-state index in [2.05, 4.69) is 4.74 Å². The van der Waals surface area contributed by atoms with Gasteiger partial charge in [0.05, 0.1) is 17.6 Å². The van der Waals surface area contributed by atoms with Gasteiger partial charge in [-0.15, -0.1) is 0 Å². The lowest BCUT2D eigenvalue weighted by Crippen LogP contribution is -2.09. The fraction of sp³-hybridized carbons (Fsp3) is 0.273. The van der Waals surface area contributed by atoms with Crippen LogP contribution < -0.4 is 0 Å². The number of carbonyl (C=O) groups is 2. The number of hydrogen-bond donors (Lipinski definition) is 0. The van der Waals surface area contributed by atoms with E-state index < -0.39 is 15.8 Å². The largest absolute Gasteiger partial charge is 0.465 e. The second-order valence-electron chi connectivity index (χ2n) is 3.53. The molecular weight excluding hydrogens is 244 g/mol. The van der Waals surface area contributed by atoms with E-state index >= 15 is 0 Å². The van der Waals surface area contributed by atoms with E-state index in [1.807, 2.05) is 0 Å². The number of ketones is 1. The van der Waals surface area contributed by atoms with E-state index in [-0.39, 0.29) is 21.8 Å². The summed E-state index contributed by atoms with van der Waals surface area (Å²) in [5.41, 5.74) is 0.165. The van der Waals surface area contributed by atoms with Crippen molar-refractivity contribution in [3.8, 4) is 0 Å². The monoisotopic (exact) mass is 256 g/mol. The molecule has 5 nitrogen and oxygen atoms in total. The third kappa shape index (κ3) is 2.91. The summed E-state index contributed by atoms with van der Waals surface area (Å²) in [4.78, 5) is 22.4. The SMILES string of the molecule is COC(=O)c1ccc(C(C)=O)c(S(C)(=O)=O)c1. The fourth-order valence-electron chi connectivity index (χ4n) is 1.36. The van der Waals surface area contributed by atoms with Crippen LogP contribution in [0.15, 0.2) is 23.1 Å². The first-order valence-corrected chi connectivity index (χ1v) is 6.60. The predicted octanol–water partition coefficient (Wildman–Crippen LogP) is 1.08. The van der Waals surface area contributed by atoms with E-state index in [0.717, 1.165) is 12.3 Å². The van der Waals surface area contributed by atoms with E-state index in [4.69, 9.17) is 0 Å². The van der Waals surface area contributed by atoms with E-state index in [9.17, 15) is 18.0 Å². The summed E-state index contributed by atoms with van der Waals surface area (Å²) in [6, 6.07) is 3.82. The molecule has 0 aliphatic carbocycles. The highest BCUT2D eigenvalue weighted by molar-refractivity contribution is 7.90. The van der Waals surface area contributed by atoms with Crippen LogP contribution >= 0.6 is 0 Å². The number of methoxy groups -OCH3 is 1. The molecule has 92 valence electrons. The average Bonchev–Trinajstić information content (AvgIpc) is 2.25. The summed E-state index contributed by atoms with van der Waals surface area (Å²) in [6.07, 6.45) is 0.982. The van der Waals surface area contributed by atoms with Crippen LogP contribution in [0.4, 0.5) is 0 Å². The summed E-state index contributed by atoms with van der Waals surface area (Å²) < 4.78 is 27.5. The van der Waals surface area contributed by atoms with Gasteiger partial charge in [0, 0.05) is 11.8 Å². The van der Waals surface area contributed by atoms with Crippen LogP contribution in [0.3, 0.4) is 0 Å². The number of Topliss-reactive ketones (excluding diaryl/α,β-unsaturated/α-hetero) is 1. The first kappa shape index (κ1) is 13.4. The van der Waals surface area contributed by atoms with Gasteiger partial charge in [0.25, 0.3) is 0 Å². The van der Waals surface area contributed by atoms with Gasteiger partial charge >= 0.3 is 5.97 Å². The predicted molar refractivity (Wildman–Crippen MR) is 60.9 cm³/mol. The molecule has 0 radical (unpaired) electrons. The fourth-order valence-corrected chi connectivity index (χ4v) is 2.32. The van der Waals surface area contributed by atoms with Gasteiger partial charge in [-0.05, 0) is 25.1 Å². The molecule has 6 heteroatoms. The number of rotatable bonds is 3. The van der Waals surface area contributed by atoms with Crippen molar-refractivity contribution in [1.29, 1.82) is 0 Å². The third-order valence-corrected chi connectivity index (χ3v) is 3.32. The maximum absolute atomic E-state index is 11.5. The van der Waals surface area contributed by atoms with Crippen molar-refractivity contribution in [3.05, 3.63) is 29.3 Å². The Morgan fingerprint density at radius 2 is 1.82 bits per heavy atom. The molecule has 0 saturated carbocycles. The third-order valence-electron chi connectivity index (χ3n) is 2.18. The van der Waals surface area contributed by atoms with Gasteiger partial charge in [0.2, 0.25) is 0 Å². The highest BCUT2D eigenvalue weighted by Crippen LogP contribution is 2.19. The Morgan fingerprint density at radius 3 is 2.24 bits per heavy atom. The number of sulfone groups is 1. The highest BCUT2D eigenvalue weighted by Gasteiger charge is 2.19. The van der Waals surface area contributed by atoms with Crippen molar-refractivity contribution >= 4 is 21.6 Å². The van der Waals surface area contributed by atoms with Crippen LogP contribution in [0.1, 0.15) is 27.6 Å². The Bertz CT molecular complexity index is 572. The van der Waals surface area contributed by atoms with Crippen LogP contribution in [-0.2, 0) is 14.6 Å². The molecule has 0 saturated heterocycles. The number of hydrogen-bond acceptors (Lipinski definition) is 5. The minimum absolute atomic E-state index is 0.0696. The zero-order chi connectivity index (χ0) is 13.2. The smallest absolute Gasteiger partial charge is 0.337 e. The molecule has 0 atom stereocenters. The Balaban J connectivity index is 3.51. The maximum Gasteiger partial charge on any atom is 0.337 e. The van der Waals surface area contributed by atoms with Gasteiger partial charge in [0.15, 0.2) is 15.6 Å². The van der Waals surface area contributed by atoms with Crippen molar-refractivity contribution in [2.75, 3.05) is 13.4 Å². The second kappa shape index (κ2) is 4.67. The van der Waals surface area contributed by atoms with Crippen molar-refractivity contribution < 1.29 is 22.7 Å². The standard InChI is InChI=1S/C11H12O5S/c1-7(12)9-5-4-8(11(13)16-2)6-10(9)17(3,14)15/h4-6H,1-3H3. The number of esters is 1. The van der Waals surface area contributed by atoms with Gasteiger partial charge < -0.3 is 4.74 Å². The molecular formula is C11H12O5S. The summed E-state index contributed by atoms with van der Waals surface area (Å²) in [5, 5.41) is 0. The zero-order valence-corrected chi connectivity index (χ0v) is 10.5. The second-order valence-corrected chi connectivity index (χ2v) is 5.52. The van der Waals surface area contributed by atoms with E-state index in [0.29, 0.717) is 0 Å². The molecule has 1 aromatic carbocycles. The Labute approximate surface area is 99.3 Å². The minimum Gasteiger partial charge on any atom is -0.465 e. The van der Waals surface area contributed by atoms with Crippen LogP contribution in [0, 0.1) is 0 Å². The molecule has 0 aliphatic rings. The molecule has 0 heterocycles. The molecule has 0 amide bonds. The van der Waals surface area contributed by atoms with E-state index in [1.165, 1.54) is 26.2 Å². The van der Waals surface area contributed by atoms with Crippen molar-refractivity contribution in [3.63, 3.8) is 0 Å². The van der Waals surface area contributed by atoms with Crippen molar-refractivity contribution in [2.24, 2.45) is 0 Å². The molecule has 1 rings (SSSR count). The van der Waals surface area contributed by atoms with Gasteiger partial charge in [-0.2, -0.15) is 0 Å². The minimum atomic E-state index is -3.57. The van der Waals surface area contributed by atoms with Crippen LogP contribution in [-0.4, -0.2) is 33.5 Å². The van der Waals surface area contributed by atoms with E-state index in [1.54, 1.807) is 0 Å². The molecule has 0 aliphatic heterocycles. The first-order chi connectivity index (χ1) is 7.77. The molecule has 17 heavy (non-hydrogen) atoms.